The molecule has 2 rings (SSSR count). The molecule has 0 spiro atoms. The van der Waals surface area contributed by atoms with Crippen LogP contribution in [0.1, 0.15) is 19.3 Å². The fourth-order valence-electron chi connectivity index (χ4n) is 1.93. The number of rotatable bonds is 1. The van der Waals surface area contributed by atoms with E-state index in [0.29, 0.717) is 4.74 Å². The van der Waals surface area contributed by atoms with Crippen molar-refractivity contribution in [2.24, 2.45) is 11.5 Å². The van der Waals surface area contributed by atoms with Crippen LogP contribution >= 0.6 is 0 Å². The molecular weight excluding hydrogens is 194 g/mol. The molecule has 2 aliphatic heterocycles. The minimum Gasteiger partial charge on any atom is -0.713 e. The molecule has 0 aliphatic carbocycles. The third-order valence-electron chi connectivity index (χ3n) is 2.78. The fourth-order valence-corrected chi connectivity index (χ4v) is 1.93. The van der Waals surface area contributed by atoms with E-state index in [-0.39, 0.29) is 5.84 Å². The zero-order chi connectivity index (χ0) is 10.8. The molecule has 1 unspecified atom stereocenters. The molecule has 1 fully saturated rings. The molecule has 2 aliphatic rings. The molecule has 6 heteroatoms. The molecule has 0 aromatic carbocycles. The van der Waals surface area contributed by atoms with Gasteiger partial charge in [-0.15, -0.1) is 0 Å². The maximum absolute atomic E-state index is 11.3. The number of hydroxylamine groups is 1. The van der Waals surface area contributed by atoms with E-state index < -0.39 is 6.29 Å². The van der Waals surface area contributed by atoms with Crippen LogP contribution in [0.3, 0.4) is 0 Å². The van der Waals surface area contributed by atoms with Crippen LogP contribution in [0.5, 0.6) is 0 Å². The summed E-state index contributed by atoms with van der Waals surface area (Å²) < 4.78 is 0.577. The number of amidine groups is 1. The monoisotopic (exact) mass is 211 g/mol. The summed E-state index contributed by atoms with van der Waals surface area (Å²) in [6.45, 7) is 2.00. The van der Waals surface area contributed by atoms with Crippen molar-refractivity contribution >= 4 is 5.84 Å². The van der Waals surface area contributed by atoms with E-state index in [9.17, 15) is 5.21 Å². The van der Waals surface area contributed by atoms with E-state index in [2.05, 4.69) is 10.2 Å². The summed E-state index contributed by atoms with van der Waals surface area (Å²) in [6.07, 6.45) is 4.50. The van der Waals surface area contributed by atoms with Gasteiger partial charge in [-0.2, -0.15) is 0 Å². The second-order valence-electron chi connectivity index (χ2n) is 3.92. The van der Waals surface area contributed by atoms with E-state index in [1.165, 1.54) is 19.3 Å². The van der Waals surface area contributed by atoms with Gasteiger partial charge in [0.1, 0.15) is 5.82 Å². The van der Waals surface area contributed by atoms with Gasteiger partial charge in [0.15, 0.2) is 0 Å². The SMILES string of the molecule is NC1=[N+]([O-])C(N)NC(N2CCCCC2)=C1. The Morgan fingerprint density at radius 1 is 1.40 bits per heavy atom. The summed E-state index contributed by atoms with van der Waals surface area (Å²) in [7, 11) is 0. The zero-order valence-electron chi connectivity index (χ0n) is 8.65. The van der Waals surface area contributed by atoms with Crippen LogP contribution in [0.25, 0.3) is 0 Å². The molecule has 5 N–H and O–H groups in total. The highest BCUT2D eigenvalue weighted by Gasteiger charge is 2.22. The van der Waals surface area contributed by atoms with Crippen LogP contribution in [0, 0.1) is 5.21 Å². The van der Waals surface area contributed by atoms with Gasteiger partial charge < -0.3 is 15.4 Å². The predicted molar refractivity (Wildman–Crippen MR) is 57.4 cm³/mol. The van der Waals surface area contributed by atoms with Gasteiger partial charge >= 0.3 is 0 Å². The summed E-state index contributed by atoms with van der Waals surface area (Å²) in [5.41, 5.74) is 11.2. The highest BCUT2D eigenvalue weighted by Crippen LogP contribution is 2.14. The molecule has 0 bridgehead atoms. The number of hydrogen-bond donors (Lipinski definition) is 3. The first kappa shape index (κ1) is 10.1. The summed E-state index contributed by atoms with van der Waals surface area (Å²) in [5, 5.41) is 14.2. The Morgan fingerprint density at radius 3 is 2.67 bits per heavy atom. The molecular formula is C9H17N5O. The maximum Gasteiger partial charge on any atom is 0.277 e. The summed E-state index contributed by atoms with van der Waals surface area (Å²) in [6, 6.07) is 0. The van der Waals surface area contributed by atoms with E-state index in [1.54, 1.807) is 6.08 Å². The Hall–Kier alpha value is -1.43. The minimum absolute atomic E-state index is 0.168. The first-order chi connectivity index (χ1) is 7.18. The second kappa shape index (κ2) is 3.98. The summed E-state index contributed by atoms with van der Waals surface area (Å²) >= 11 is 0. The van der Waals surface area contributed by atoms with Crippen LogP contribution in [0.4, 0.5) is 0 Å². The number of piperidine rings is 1. The topological polar surface area (TPSA) is 93.4 Å². The van der Waals surface area contributed by atoms with Gasteiger partial charge in [-0.05, 0) is 19.3 Å². The van der Waals surface area contributed by atoms with Crippen LogP contribution in [0.2, 0.25) is 0 Å². The van der Waals surface area contributed by atoms with E-state index in [1.807, 2.05) is 0 Å². The van der Waals surface area contributed by atoms with Gasteiger partial charge in [-0.1, -0.05) is 0 Å². The van der Waals surface area contributed by atoms with E-state index in [4.69, 9.17) is 11.5 Å². The molecule has 1 saturated heterocycles. The first-order valence-electron chi connectivity index (χ1n) is 5.26. The van der Waals surface area contributed by atoms with Crippen LogP contribution in [0.15, 0.2) is 11.9 Å². The molecule has 0 aromatic rings. The van der Waals surface area contributed by atoms with Gasteiger partial charge in [-0.25, -0.2) is 4.74 Å². The Bertz CT molecular complexity index is 306. The average molecular weight is 211 g/mol. The molecule has 1 atom stereocenters. The van der Waals surface area contributed by atoms with Crippen LogP contribution in [-0.4, -0.2) is 34.9 Å². The predicted octanol–water partition coefficient (Wildman–Crippen LogP) is -0.973. The first-order valence-corrected chi connectivity index (χ1v) is 5.26. The van der Waals surface area contributed by atoms with Gasteiger partial charge in [0.25, 0.3) is 5.84 Å². The van der Waals surface area contributed by atoms with Crippen molar-refractivity contribution in [3.05, 3.63) is 17.1 Å². The minimum atomic E-state index is -0.771. The third-order valence-corrected chi connectivity index (χ3v) is 2.78. The Kier molecular flexibility index (Phi) is 2.68. The Balaban J connectivity index is 2.13. The van der Waals surface area contributed by atoms with Crippen LogP contribution < -0.4 is 16.8 Å². The van der Waals surface area contributed by atoms with Crippen LogP contribution in [-0.2, 0) is 0 Å². The van der Waals surface area contributed by atoms with Crippen molar-refractivity contribution in [2.45, 2.75) is 25.6 Å². The van der Waals surface area contributed by atoms with E-state index >= 15 is 0 Å². The number of nitrogens with zero attached hydrogens (tertiary/aromatic N) is 2. The Morgan fingerprint density at radius 2 is 2.07 bits per heavy atom. The lowest BCUT2D eigenvalue weighted by Crippen LogP contribution is -2.54. The molecule has 15 heavy (non-hydrogen) atoms. The number of nitrogens with two attached hydrogens (primary N) is 2. The number of hydrogen-bond acceptors (Lipinski definition) is 5. The molecule has 0 amide bonds. The molecule has 0 radical (unpaired) electrons. The van der Waals surface area contributed by atoms with Crippen molar-refractivity contribution in [1.29, 1.82) is 0 Å². The molecule has 84 valence electrons. The lowest BCUT2D eigenvalue weighted by atomic mass is 10.1. The Labute approximate surface area is 88.8 Å². The summed E-state index contributed by atoms with van der Waals surface area (Å²) in [5.74, 6) is 1.04. The molecule has 6 nitrogen and oxygen atoms in total. The largest absolute Gasteiger partial charge is 0.713 e. The van der Waals surface area contributed by atoms with Crippen molar-refractivity contribution in [2.75, 3.05) is 13.1 Å². The lowest BCUT2D eigenvalue weighted by Gasteiger charge is -2.35. The number of nitrogens with one attached hydrogen (secondary N) is 1. The zero-order valence-corrected chi connectivity index (χ0v) is 8.65. The van der Waals surface area contributed by atoms with Gasteiger partial charge in [0, 0.05) is 13.1 Å². The second-order valence-corrected chi connectivity index (χ2v) is 3.92. The fraction of sp³-hybridized carbons (Fsp3) is 0.667. The van der Waals surface area contributed by atoms with Crippen molar-refractivity contribution < 1.29 is 4.74 Å². The molecule has 0 aromatic heterocycles. The van der Waals surface area contributed by atoms with Gasteiger partial charge in [0.05, 0.1) is 6.08 Å². The highest BCUT2D eigenvalue weighted by atomic mass is 16.5. The lowest BCUT2D eigenvalue weighted by molar-refractivity contribution is -0.508. The van der Waals surface area contributed by atoms with Crippen molar-refractivity contribution in [3.63, 3.8) is 0 Å². The quantitative estimate of drug-likeness (QED) is 0.383. The van der Waals surface area contributed by atoms with Gasteiger partial charge in [0.2, 0.25) is 6.29 Å². The normalized spacial score (nSPS) is 27.4. The average Bonchev–Trinajstić information content (AvgIpc) is 2.26. The smallest absolute Gasteiger partial charge is 0.277 e. The van der Waals surface area contributed by atoms with Crippen molar-refractivity contribution in [1.82, 2.24) is 10.2 Å². The van der Waals surface area contributed by atoms with Crippen molar-refractivity contribution in [3.8, 4) is 0 Å². The standard InChI is InChI=1S/C9H17N5O/c10-7-6-8(12-9(11)14(7)15)13-4-2-1-3-5-13/h6,9,12H,1-5,10-11H2. The summed E-state index contributed by atoms with van der Waals surface area (Å²) in [4.78, 5) is 2.18. The molecule has 0 saturated carbocycles. The third kappa shape index (κ3) is 1.99. The van der Waals surface area contributed by atoms with Gasteiger partial charge in [-0.3, -0.25) is 11.5 Å². The maximum atomic E-state index is 11.3. The highest BCUT2D eigenvalue weighted by molar-refractivity contribution is 5.88. The van der Waals surface area contributed by atoms with E-state index in [0.717, 1.165) is 18.9 Å². The molecule has 2 heterocycles. The number of likely N-dealkylation sites (tertiary alicyclic amines) is 1.